The highest BCUT2D eigenvalue weighted by Gasteiger charge is 2.36. The average molecular weight is 537 g/mol. The number of benzene rings is 2. The molecular formula is C27H24N2O8S. The van der Waals surface area contributed by atoms with Gasteiger partial charge in [0.1, 0.15) is 18.9 Å². The number of amides is 3. The van der Waals surface area contributed by atoms with Gasteiger partial charge >= 0.3 is 5.97 Å². The molecule has 0 radical (unpaired) electrons. The van der Waals surface area contributed by atoms with Crippen LogP contribution in [0.5, 0.6) is 11.5 Å². The number of imide groups is 1. The summed E-state index contributed by atoms with van der Waals surface area (Å²) < 4.78 is 16.2. The number of hydrogen-bond acceptors (Lipinski definition) is 8. The first-order valence-corrected chi connectivity index (χ1v) is 12.2. The molecule has 1 aromatic heterocycles. The van der Waals surface area contributed by atoms with Crippen molar-refractivity contribution in [3.8, 4) is 11.5 Å². The fourth-order valence-electron chi connectivity index (χ4n) is 3.69. The van der Waals surface area contributed by atoms with Crippen molar-refractivity contribution in [3.05, 3.63) is 81.6 Å². The lowest BCUT2D eigenvalue weighted by Crippen LogP contribution is -2.36. The number of carbonyl (C=O) groups excluding carboxylic acids is 3. The highest BCUT2D eigenvalue weighted by Crippen LogP contribution is 2.35. The molecule has 0 saturated carbocycles. The number of hydrogen-bond donors (Lipinski definition) is 2. The van der Waals surface area contributed by atoms with Crippen LogP contribution < -0.4 is 14.8 Å². The van der Waals surface area contributed by atoms with Crippen LogP contribution in [0, 0.1) is 13.8 Å². The zero-order valence-electron chi connectivity index (χ0n) is 20.8. The van der Waals surface area contributed by atoms with Gasteiger partial charge < -0.3 is 24.3 Å². The van der Waals surface area contributed by atoms with E-state index >= 15 is 0 Å². The molecule has 0 unspecified atom stereocenters. The second-order valence-electron chi connectivity index (χ2n) is 8.40. The summed E-state index contributed by atoms with van der Waals surface area (Å²) in [5.74, 6) is -1.36. The first-order chi connectivity index (χ1) is 18.1. The molecule has 0 aliphatic carbocycles. The minimum Gasteiger partial charge on any atom is -0.493 e. The van der Waals surface area contributed by atoms with Gasteiger partial charge in [0, 0.05) is 5.69 Å². The van der Waals surface area contributed by atoms with Gasteiger partial charge in [-0.2, -0.15) is 0 Å². The molecule has 0 spiro atoms. The number of rotatable bonds is 9. The van der Waals surface area contributed by atoms with Crippen LogP contribution >= 0.6 is 11.8 Å². The van der Waals surface area contributed by atoms with Crippen molar-refractivity contribution in [2.24, 2.45) is 0 Å². The second-order valence-corrected chi connectivity index (χ2v) is 9.40. The molecule has 1 aliphatic rings. The summed E-state index contributed by atoms with van der Waals surface area (Å²) in [5, 5.41) is 11.2. The summed E-state index contributed by atoms with van der Waals surface area (Å²) in [5.41, 5.74) is 3.13. The molecule has 10 nitrogen and oxygen atoms in total. The van der Waals surface area contributed by atoms with Crippen molar-refractivity contribution in [2.45, 2.75) is 20.5 Å². The molecule has 4 rings (SSSR count). The Morgan fingerprint density at radius 2 is 1.87 bits per heavy atom. The normalized spacial score (nSPS) is 14.2. The molecule has 1 fully saturated rings. The first kappa shape index (κ1) is 26.6. The Balaban J connectivity index is 1.42. The predicted octanol–water partition coefficient (Wildman–Crippen LogP) is 4.86. The number of furan rings is 1. The molecule has 0 atom stereocenters. The van der Waals surface area contributed by atoms with Gasteiger partial charge in [0.25, 0.3) is 11.1 Å². The van der Waals surface area contributed by atoms with Crippen LogP contribution in [0.3, 0.4) is 0 Å². The Bertz CT molecular complexity index is 1460. The van der Waals surface area contributed by atoms with Gasteiger partial charge in [0.15, 0.2) is 11.5 Å². The molecule has 1 saturated heterocycles. The lowest BCUT2D eigenvalue weighted by Gasteiger charge is -2.14. The van der Waals surface area contributed by atoms with Crippen LogP contribution in [0.2, 0.25) is 0 Å². The third-order valence-corrected chi connectivity index (χ3v) is 6.47. The molecule has 3 amide bonds. The van der Waals surface area contributed by atoms with E-state index in [1.807, 2.05) is 26.0 Å². The third-order valence-electron chi connectivity index (χ3n) is 5.56. The largest absolute Gasteiger partial charge is 0.493 e. The summed E-state index contributed by atoms with van der Waals surface area (Å²) in [6.07, 6.45) is 1.53. The Morgan fingerprint density at radius 3 is 2.55 bits per heavy atom. The Kier molecular flexibility index (Phi) is 7.87. The molecule has 11 heteroatoms. The summed E-state index contributed by atoms with van der Waals surface area (Å²) in [6.45, 7) is 3.39. The predicted molar refractivity (Wildman–Crippen MR) is 140 cm³/mol. The Labute approximate surface area is 222 Å². The first-order valence-electron chi connectivity index (χ1n) is 11.4. The van der Waals surface area contributed by atoms with Gasteiger partial charge in [-0.05, 0) is 73.1 Å². The maximum absolute atomic E-state index is 12.9. The smallest absolute Gasteiger partial charge is 0.371 e. The molecule has 38 heavy (non-hydrogen) atoms. The summed E-state index contributed by atoms with van der Waals surface area (Å²) >= 11 is 0.746. The van der Waals surface area contributed by atoms with E-state index in [2.05, 4.69) is 5.32 Å². The molecule has 2 aromatic carbocycles. The number of carboxylic acids is 1. The minimum absolute atomic E-state index is 0.0218. The van der Waals surface area contributed by atoms with E-state index in [1.165, 1.54) is 25.3 Å². The van der Waals surface area contributed by atoms with Gasteiger partial charge in [-0.3, -0.25) is 19.3 Å². The topological polar surface area (TPSA) is 135 Å². The minimum atomic E-state index is -1.18. The van der Waals surface area contributed by atoms with Crippen LogP contribution in [0.25, 0.3) is 6.08 Å². The van der Waals surface area contributed by atoms with Crippen LogP contribution in [0.4, 0.5) is 10.5 Å². The van der Waals surface area contributed by atoms with Gasteiger partial charge in [-0.15, -0.1) is 0 Å². The monoisotopic (exact) mass is 536 g/mol. The Morgan fingerprint density at radius 1 is 1.08 bits per heavy atom. The highest BCUT2D eigenvalue weighted by atomic mass is 32.2. The van der Waals surface area contributed by atoms with Crippen molar-refractivity contribution in [2.75, 3.05) is 19.0 Å². The van der Waals surface area contributed by atoms with Gasteiger partial charge in [0.2, 0.25) is 11.7 Å². The van der Waals surface area contributed by atoms with E-state index < -0.39 is 29.6 Å². The standard InChI is InChI=1S/C27H24N2O8S/c1-15-4-7-19(16(2)10-15)28-24(30)13-29-25(31)23(38-27(29)34)12-17-5-8-20(22(11-17)35-3)36-14-18-6-9-21(37-18)26(32)33/h4-12H,13-14H2,1-3H3,(H,28,30)(H,32,33)/b23-12-. The molecule has 0 bridgehead atoms. The maximum atomic E-state index is 12.9. The number of aryl methyl sites for hydroxylation is 2. The Hall–Kier alpha value is -4.51. The van der Waals surface area contributed by atoms with Crippen LogP contribution in [-0.2, 0) is 16.2 Å². The van der Waals surface area contributed by atoms with Crippen molar-refractivity contribution >= 4 is 46.5 Å². The lowest BCUT2D eigenvalue weighted by molar-refractivity contribution is -0.127. The fourth-order valence-corrected chi connectivity index (χ4v) is 4.53. The summed E-state index contributed by atoms with van der Waals surface area (Å²) in [7, 11) is 1.45. The number of carbonyl (C=O) groups is 4. The molecule has 3 aromatic rings. The van der Waals surface area contributed by atoms with E-state index in [0.717, 1.165) is 27.8 Å². The molecular weight excluding hydrogens is 512 g/mol. The number of nitrogens with one attached hydrogen (secondary N) is 1. The van der Waals surface area contributed by atoms with E-state index in [9.17, 15) is 19.2 Å². The molecule has 1 aliphatic heterocycles. The summed E-state index contributed by atoms with van der Waals surface area (Å²) in [6, 6.07) is 13.3. The second kappa shape index (κ2) is 11.3. The number of anilines is 1. The SMILES string of the molecule is COc1cc(/C=C2\SC(=O)N(CC(=O)Nc3ccc(C)cc3C)C2=O)ccc1OCc1ccc(C(=O)O)o1. The quantitative estimate of drug-likeness (QED) is 0.368. The fraction of sp³-hybridized carbons (Fsp3) is 0.185. The average Bonchev–Trinajstić information content (AvgIpc) is 3.45. The van der Waals surface area contributed by atoms with Gasteiger partial charge in [-0.25, -0.2) is 4.79 Å². The van der Waals surface area contributed by atoms with Crippen LogP contribution in [0.1, 0.15) is 33.0 Å². The maximum Gasteiger partial charge on any atom is 0.371 e. The van der Waals surface area contributed by atoms with E-state index in [1.54, 1.807) is 24.3 Å². The number of aromatic carboxylic acids is 1. The molecule has 2 heterocycles. The summed E-state index contributed by atoms with van der Waals surface area (Å²) in [4.78, 5) is 49.9. The van der Waals surface area contributed by atoms with Gasteiger partial charge in [0.05, 0.1) is 12.0 Å². The third kappa shape index (κ3) is 6.06. The van der Waals surface area contributed by atoms with Crippen molar-refractivity contribution in [1.29, 1.82) is 0 Å². The molecule has 2 N–H and O–H groups in total. The number of thioether (sulfide) groups is 1. The number of ether oxygens (including phenoxy) is 2. The number of methoxy groups -OCH3 is 1. The number of carboxylic acid groups (broad SMARTS) is 1. The molecule has 196 valence electrons. The van der Waals surface area contributed by atoms with Crippen LogP contribution in [0.15, 0.2) is 57.9 Å². The lowest BCUT2D eigenvalue weighted by atomic mass is 10.1. The highest BCUT2D eigenvalue weighted by molar-refractivity contribution is 8.18. The van der Waals surface area contributed by atoms with Crippen molar-refractivity contribution in [3.63, 3.8) is 0 Å². The zero-order chi connectivity index (χ0) is 27.4. The van der Waals surface area contributed by atoms with Crippen molar-refractivity contribution in [1.82, 2.24) is 4.90 Å². The van der Waals surface area contributed by atoms with E-state index in [-0.39, 0.29) is 17.3 Å². The van der Waals surface area contributed by atoms with Crippen molar-refractivity contribution < 1.29 is 38.2 Å². The van der Waals surface area contributed by atoms with Crippen LogP contribution in [-0.4, -0.2) is 46.7 Å². The van der Waals surface area contributed by atoms with E-state index in [4.69, 9.17) is 19.0 Å². The zero-order valence-corrected chi connectivity index (χ0v) is 21.6. The van der Waals surface area contributed by atoms with Gasteiger partial charge in [-0.1, -0.05) is 23.8 Å². The van der Waals surface area contributed by atoms with E-state index in [0.29, 0.717) is 28.5 Å². The number of nitrogens with zero attached hydrogens (tertiary/aromatic N) is 1.